The molecular weight excluding hydrogens is 94.1 g/mol. The molecular formula is C2H2F2S. The van der Waals surface area contributed by atoms with Gasteiger partial charge in [0.25, 0.3) is 0 Å². The maximum absolute atomic E-state index is 11.1. The number of rotatable bonds is 0. The lowest BCUT2D eigenvalue weighted by Crippen LogP contribution is -1.80. The first-order chi connectivity index (χ1) is 2.21. The number of hydrogen-bond acceptors (Lipinski definition) is 1. The van der Waals surface area contributed by atoms with Crippen LogP contribution in [0.1, 0.15) is 0 Å². The fourth-order valence-corrected chi connectivity index (χ4v) is 0.164. The lowest BCUT2D eigenvalue weighted by Gasteiger charge is -1.73. The largest absolute Gasteiger partial charge is 0.303 e. The van der Waals surface area contributed by atoms with Crippen LogP contribution in [0.2, 0.25) is 0 Å². The van der Waals surface area contributed by atoms with E-state index in [-0.39, 0.29) is 5.75 Å². The summed E-state index contributed by atoms with van der Waals surface area (Å²) in [5.74, 6) is 0.0347. The van der Waals surface area contributed by atoms with Gasteiger partial charge in [-0.05, 0) is 0 Å². The molecule has 3 heteroatoms. The molecule has 0 amide bonds. The van der Waals surface area contributed by atoms with Gasteiger partial charge in [0.1, 0.15) is 0 Å². The van der Waals surface area contributed by atoms with Crippen LogP contribution < -0.4 is 0 Å². The van der Waals surface area contributed by atoms with Crippen molar-refractivity contribution in [2.45, 2.75) is 5.25 Å². The molecule has 0 spiro atoms. The molecule has 0 aromatic heterocycles. The van der Waals surface area contributed by atoms with Gasteiger partial charge in [0.2, 0.25) is 0 Å². The smallest absolute Gasteiger partial charge is 0.193 e. The van der Waals surface area contributed by atoms with Gasteiger partial charge in [-0.15, -0.1) is 0 Å². The number of hydrogen-bond donors (Lipinski definition) is 0. The van der Waals surface area contributed by atoms with Crippen molar-refractivity contribution in [3.8, 4) is 0 Å². The molecule has 5 heavy (non-hydrogen) atoms. The molecule has 0 nitrogen and oxygen atoms in total. The van der Waals surface area contributed by atoms with Crippen molar-refractivity contribution >= 4 is 11.8 Å². The van der Waals surface area contributed by atoms with Crippen molar-refractivity contribution in [1.82, 2.24) is 0 Å². The van der Waals surface area contributed by atoms with Gasteiger partial charge >= 0.3 is 5.25 Å². The van der Waals surface area contributed by atoms with Crippen molar-refractivity contribution < 1.29 is 8.78 Å². The maximum atomic E-state index is 11.1. The van der Waals surface area contributed by atoms with Crippen LogP contribution in [0.5, 0.6) is 0 Å². The first-order valence-electron chi connectivity index (χ1n) is 1.22. The third-order valence-electron chi connectivity index (χ3n) is 0.363. The molecule has 0 unspecified atom stereocenters. The summed E-state index contributed by atoms with van der Waals surface area (Å²) in [5.41, 5.74) is 0. The highest BCUT2D eigenvalue weighted by atomic mass is 32.2. The van der Waals surface area contributed by atoms with Crippen molar-refractivity contribution in [3.05, 3.63) is 0 Å². The van der Waals surface area contributed by atoms with E-state index in [0.29, 0.717) is 11.8 Å². The fourth-order valence-electron chi connectivity index (χ4n) is 0.0546. The molecule has 1 saturated heterocycles. The predicted octanol–water partition coefficient (Wildman–Crippen LogP) is 1.33. The molecule has 0 saturated carbocycles. The fraction of sp³-hybridized carbons (Fsp3) is 1.00. The van der Waals surface area contributed by atoms with Gasteiger partial charge < -0.3 is 0 Å². The minimum absolute atomic E-state index is 0.0347. The van der Waals surface area contributed by atoms with E-state index in [4.69, 9.17) is 0 Å². The molecule has 0 bridgehead atoms. The summed E-state index contributed by atoms with van der Waals surface area (Å²) in [5, 5.41) is -2.33. The Bertz CT molecular complexity index is 45.6. The van der Waals surface area contributed by atoms with Crippen LogP contribution in [-0.2, 0) is 0 Å². The van der Waals surface area contributed by atoms with Crippen LogP contribution in [0.3, 0.4) is 0 Å². The Hall–Kier alpha value is 0.210. The zero-order valence-electron chi connectivity index (χ0n) is 2.37. The normalized spacial score (nSPS) is 30.0. The molecule has 30 valence electrons. The molecule has 0 N–H and O–H groups in total. The van der Waals surface area contributed by atoms with Crippen LogP contribution >= 0.6 is 11.8 Å². The second-order valence-electron chi connectivity index (χ2n) is 0.926. The standard InChI is InChI=1S/C2H2F2S/c3-2(4)1-5-2/h1H2. The SMILES string of the molecule is FC1(F)CS1. The van der Waals surface area contributed by atoms with E-state index in [2.05, 4.69) is 0 Å². The quantitative estimate of drug-likeness (QED) is 0.410. The van der Waals surface area contributed by atoms with E-state index in [9.17, 15) is 8.78 Å². The Kier molecular flexibility index (Phi) is 0.438. The van der Waals surface area contributed by atoms with Crippen LogP contribution in [-0.4, -0.2) is 11.0 Å². The molecule has 1 aliphatic rings. The first-order valence-corrected chi connectivity index (χ1v) is 2.21. The molecule has 1 fully saturated rings. The van der Waals surface area contributed by atoms with Gasteiger partial charge in [-0.3, -0.25) is 0 Å². The summed E-state index contributed by atoms with van der Waals surface area (Å²) in [6, 6.07) is 0. The minimum Gasteiger partial charge on any atom is -0.193 e. The van der Waals surface area contributed by atoms with Crippen molar-refractivity contribution in [2.24, 2.45) is 0 Å². The molecule has 0 aromatic rings. The highest BCUT2D eigenvalue weighted by molar-refractivity contribution is 8.07. The van der Waals surface area contributed by atoms with E-state index in [1.54, 1.807) is 0 Å². The van der Waals surface area contributed by atoms with Gasteiger partial charge in [0.05, 0.1) is 5.75 Å². The van der Waals surface area contributed by atoms with Crippen LogP contribution in [0.25, 0.3) is 0 Å². The van der Waals surface area contributed by atoms with Gasteiger partial charge in [-0.1, -0.05) is 11.8 Å². The molecule has 1 aliphatic heterocycles. The zero-order valence-corrected chi connectivity index (χ0v) is 3.19. The van der Waals surface area contributed by atoms with Crippen LogP contribution in [0.15, 0.2) is 0 Å². The van der Waals surface area contributed by atoms with Gasteiger partial charge in [-0.25, -0.2) is 0 Å². The molecule has 1 heterocycles. The summed E-state index contributed by atoms with van der Waals surface area (Å²) in [7, 11) is 0. The Morgan fingerprint density at radius 3 is 1.80 bits per heavy atom. The van der Waals surface area contributed by atoms with E-state index >= 15 is 0 Å². The van der Waals surface area contributed by atoms with Crippen molar-refractivity contribution in [3.63, 3.8) is 0 Å². The van der Waals surface area contributed by atoms with Crippen molar-refractivity contribution in [1.29, 1.82) is 0 Å². The van der Waals surface area contributed by atoms with Crippen molar-refractivity contribution in [2.75, 3.05) is 5.75 Å². The highest BCUT2D eigenvalue weighted by Crippen LogP contribution is 2.46. The van der Waals surface area contributed by atoms with Crippen LogP contribution in [0, 0.1) is 0 Å². The number of halogens is 2. The molecule has 0 aliphatic carbocycles. The Morgan fingerprint density at radius 2 is 1.80 bits per heavy atom. The maximum Gasteiger partial charge on any atom is 0.303 e. The predicted molar refractivity (Wildman–Crippen MR) is 17.4 cm³/mol. The van der Waals surface area contributed by atoms with E-state index in [1.807, 2.05) is 0 Å². The molecule has 1 rings (SSSR count). The zero-order chi connectivity index (χ0) is 3.91. The lowest BCUT2D eigenvalue weighted by atomic mass is 10.9. The second kappa shape index (κ2) is 0.644. The third kappa shape index (κ3) is 0.758. The topological polar surface area (TPSA) is 0 Å². The summed E-state index contributed by atoms with van der Waals surface area (Å²) < 4.78 is 22.2. The Labute approximate surface area is 32.6 Å². The Morgan fingerprint density at radius 1 is 1.60 bits per heavy atom. The average molecular weight is 96.1 g/mol. The van der Waals surface area contributed by atoms with E-state index in [1.165, 1.54) is 0 Å². The summed E-state index contributed by atoms with van der Waals surface area (Å²) in [6.45, 7) is 0. The number of alkyl halides is 2. The summed E-state index contributed by atoms with van der Waals surface area (Å²) in [6.07, 6.45) is 0. The molecule has 0 atom stereocenters. The summed E-state index contributed by atoms with van der Waals surface area (Å²) >= 11 is 0.692. The Balaban J connectivity index is 2.38. The van der Waals surface area contributed by atoms with Crippen LogP contribution in [0.4, 0.5) is 8.78 Å². The minimum atomic E-state index is -2.33. The van der Waals surface area contributed by atoms with Gasteiger partial charge in [0.15, 0.2) is 0 Å². The second-order valence-corrected chi connectivity index (χ2v) is 2.10. The van der Waals surface area contributed by atoms with Gasteiger partial charge in [-0.2, -0.15) is 8.78 Å². The summed E-state index contributed by atoms with van der Waals surface area (Å²) in [4.78, 5) is 0. The first kappa shape index (κ1) is 3.40. The number of thioether (sulfide) groups is 1. The van der Waals surface area contributed by atoms with E-state index < -0.39 is 5.25 Å². The highest BCUT2D eigenvalue weighted by Gasteiger charge is 2.45. The molecule has 0 radical (unpaired) electrons. The van der Waals surface area contributed by atoms with E-state index in [0.717, 1.165) is 0 Å². The lowest BCUT2D eigenvalue weighted by molar-refractivity contribution is 0.168. The average Bonchev–Trinajstić information content (AvgIpc) is 1.76. The van der Waals surface area contributed by atoms with Gasteiger partial charge in [0, 0.05) is 0 Å². The monoisotopic (exact) mass is 96.0 g/mol. The molecule has 0 aromatic carbocycles. The third-order valence-corrected chi connectivity index (χ3v) is 1.09.